The molecule has 0 aliphatic carbocycles. The highest BCUT2D eigenvalue weighted by Crippen LogP contribution is 2.34. The molecule has 0 spiro atoms. The molecule has 1 N–H and O–H groups in total. The largest absolute Gasteiger partial charge is 0.497 e. The number of nitrogens with zero attached hydrogens (tertiary/aromatic N) is 1. The minimum Gasteiger partial charge on any atom is -0.497 e. The van der Waals surface area contributed by atoms with Crippen LogP contribution in [0.3, 0.4) is 0 Å². The van der Waals surface area contributed by atoms with Crippen LogP contribution < -0.4 is 19.5 Å². The Kier molecular flexibility index (Phi) is 8.13. The molecule has 5 rings (SSSR count). The van der Waals surface area contributed by atoms with E-state index in [-0.39, 0.29) is 12.0 Å². The van der Waals surface area contributed by atoms with Gasteiger partial charge in [0.1, 0.15) is 23.4 Å². The minimum absolute atomic E-state index is 0.176. The average molecular weight is 523 g/mol. The Morgan fingerprint density at radius 1 is 0.769 bits per heavy atom. The van der Waals surface area contributed by atoms with Crippen LogP contribution in [0.1, 0.15) is 23.2 Å². The summed E-state index contributed by atoms with van der Waals surface area (Å²) >= 11 is 0. The van der Waals surface area contributed by atoms with Gasteiger partial charge in [0, 0.05) is 29.9 Å². The smallest absolute Gasteiger partial charge is 0.255 e. The van der Waals surface area contributed by atoms with Crippen LogP contribution in [0.15, 0.2) is 91.0 Å². The number of carbonyl (C=O) groups is 1. The van der Waals surface area contributed by atoms with Gasteiger partial charge in [0.2, 0.25) is 0 Å². The molecule has 0 atom stereocenters. The summed E-state index contributed by atoms with van der Waals surface area (Å²) in [5.41, 5.74) is 5.20. The first-order valence-corrected chi connectivity index (χ1v) is 13.2. The molecule has 4 aromatic carbocycles. The number of likely N-dealkylation sites (tertiary alicyclic amines) is 1. The molecular formula is C33H34N2O4. The molecule has 1 amide bonds. The Balaban J connectivity index is 1.25. The Morgan fingerprint density at radius 2 is 1.46 bits per heavy atom. The van der Waals surface area contributed by atoms with E-state index >= 15 is 0 Å². The number of carbonyl (C=O) groups excluding carboxylic acids is 1. The van der Waals surface area contributed by atoms with Gasteiger partial charge in [0.15, 0.2) is 0 Å². The molecule has 0 bridgehead atoms. The second kappa shape index (κ2) is 12.0. The van der Waals surface area contributed by atoms with Gasteiger partial charge >= 0.3 is 0 Å². The van der Waals surface area contributed by atoms with E-state index in [2.05, 4.69) is 29.4 Å². The minimum atomic E-state index is -0.176. The van der Waals surface area contributed by atoms with Crippen molar-refractivity contribution in [3.05, 3.63) is 96.6 Å². The Bertz CT molecular complexity index is 1410. The molecular weight excluding hydrogens is 488 g/mol. The quantitative estimate of drug-likeness (QED) is 0.277. The van der Waals surface area contributed by atoms with Gasteiger partial charge in [-0.05, 0) is 91.2 Å². The lowest BCUT2D eigenvalue weighted by Gasteiger charge is -2.29. The number of hydrogen-bond donors (Lipinski definition) is 1. The van der Waals surface area contributed by atoms with Gasteiger partial charge < -0.3 is 24.4 Å². The standard InChI is InChI=1S/C33H34N2O4/c1-35-19-17-29(18-20-35)39-28-14-11-24(12-15-28)23-7-9-25(10-8-23)33(36)34-27-13-16-32(38-3)31(22-27)26-5-4-6-30(21-26)37-2/h4-16,21-22,29H,17-20H2,1-3H3,(H,34,36). The number of ether oxygens (including phenoxy) is 3. The van der Waals surface area contributed by atoms with E-state index in [0.717, 1.165) is 59.7 Å². The molecule has 1 saturated heterocycles. The highest BCUT2D eigenvalue weighted by atomic mass is 16.5. The van der Waals surface area contributed by atoms with E-state index in [1.54, 1.807) is 14.2 Å². The molecule has 0 aromatic heterocycles. The van der Waals surface area contributed by atoms with Crippen LogP contribution in [-0.4, -0.2) is 51.3 Å². The Hall–Kier alpha value is -4.29. The van der Waals surface area contributed by atoms with Gasteiger partial charge in [-0.1, -0.05) is 36.4 Å². The van der Waals surface area contributed by atoms with Gasteiger partial charge in [-0.2, -0.15) is 0 Å². The van der Waals surface area contributed by atoms with Crippen LogP contribution in [0.5, 0.6) is 17.2 Å². The Labute approximate surface area is 230 Å². The summed E-state index contributed by atoms with van der Waals surface area (Å²) in [5.74, 6) is 2.19. The summed E-state index contributed by atoms with van der Waals surface area (Å²) in [6.45, 7) is 2.15. The van der Waals surface area contributed by atoms with Crippen molar-refractivity contribution in [3.8, 4) is 39.5 Å². The molecule has 0 saturated carbocycles. The van der Waals surface area contributed by atoms with Crippen LogP contribution in [0.2, 0.25) is 0 Å². The first kappa shape index (κ1) is 26.3. The number of benzene rings is 4. The zero-order chi connectivity index (χ0) is 27.2. The van der Waals surface area contributed by atoms with E-state index in [1.165, 1.54) is 0 Å². The van der Waals surface area contributed by atoms with Crippen molar-refractivity contribution in [1.82, 2.24) is 4.90 Å². The van der Waals surface area contributed by atoms with Crippen LogP contribution in [0.25, 0.3) is 22.3 Å². The third-order valence-electron chi connectivity index (χ3n) is 7.14. The first-order chi connectivity index (χ1) is 19.0. The van der Waals surface area contributed by atoms with Gasteiger partial charge in [-0.15, -0.1) is 0 Å². The topological polar surface area (TPSA) is 60.0 Å². The molecule has 1 heterocycles. The lowest BCUT2D eigenvalue weighted by atomic mass is 10.0. The highest BCUT2D eigenvalue weighted by Gasteiger charge is 2.18. The fourth-order valence-corrected chi connectivity index (χ4v) is 4.84. The molecule has 4 aromatic rings. The SMILES string of the molecule is COc1cccc(-c2cc(NC(=O)c3ccc(-c4ccc(OC5CCN(C)CC5)cc4)cc3)ccc2OC)c1. The van der Waals surface area contributed by atoms with E-state index in [9.17, 15) is 4.79 Å². The molecule has 1 fully saturated rings. The second-order valence-electron chi connectivity index (χ2n) is 9.82. The molecule has 200 valence electrons. The van der Waals surface area contributed by atoms with Crippen LogP contribution >= 0.6 is 0 Å². The lowest BCUT2D eigenvalue weighted by Crippen LogP contribution is -2.35. The van der Waals surface area contributed by atoms with E-state index < -0.39 is 0 Å². The zero-order valence-corrected chi connectivity index (χ0v) is 22.6. The van der Waals surface area contributed by atoms with Crippen molar-refractivity contribution in [3.63, 3.8) is 0 Å². The average Bonchev–Trinajstić information content (AvgIpc) is 2.99. The predicted molar refractivity (Wildman–Crippen MR) is 156 cm³/mol. The van der Waals surface area contributed by atoms with Crippen molar-refractivity contribution in [2.45, 2.75) is 18.9 Å². The zero-order valence-electron chi connectivity index (χ0n) is 22.6. The van der Waals surface area contributed by atoms with Gasteiger partial charge in [-0.25, -0.2) is 0 Å². The van der Waals surface area contributed by atoms with E-state index in [1.807, 2.05) is 78.9 Å². The van der Waals surface area contributed by atoms with Crippen LogP contribution in [-0.2, 0) is 0 Å². The normalized spacial score (nSPS) is 14.0. The molecule has 6 nitrogen and oxygen atoms in total. The van der Waals surface area contributed by atoms with Crippen LogP contribution in [0, 0.1) is 0 Å². The molecule has 0 radical (unpaired) electrons. The number of methoxy groups -OCH3 is 2. The number of amides is 1. The maximum atomic E-state index is 13.0. The molecule has 39 heavy (non-hydrogen) atoms. The number of nitrogens with one attached hydrogen (secondary N) is 1. The molecule has 6 heteroatoms. The summed E-state index contributed by atoms with van der Waals surface area (Å²) in [6.07, 6.45) is 2.39. The summed E-state index contributed by atoms with van der Waals surface area (Å²) in [5, 5.41) is 3.01. The van der Waals surface area contributed by atoms with Crippen molar-refractivity contribution >= 4 is 11.6 Å². The molecule has 1 aliphatic rings. The highest BCUT2D eigenvalue weighted by molar-refractivity contribution is 6.05. The van der Waals surface area contributed by atoms with Crippen molar-refractivity contribution in [2.75, 3.05) is 39.7 Å². The van der Waals surface area contributed by atoms with Crippen molar-refractivity contribution in [1.29, 1.82) is 0 Å². The molecule has 0 unspecified atom stereocenters. The fourth-order valence-electron chi connectivity index (χ4n) is 4.84. The first-order valence-electron chi connectivity index (χ1n) is 13.2. The monoisotopic (exact) mass is 522 g/mol. The van der Waals surface area contributed by atoms with E-state index in [4.69, 9.17) is 14.2 Å². The maximum absolute atomic E-state index is 13.0. The van der Waals surface area contributed by atoms with E-state index in [0.29, 0.717) is 17.0 Å². The second-order valence-corrected chi connectivity index (χ2v) is 9.82. The summed E-state index contributed by atoms with van der Waals surface area (Å²) in [7, 11) is 5.42. The number of rotatable bonds is 8. The van der Waals surface area contributed by atoms with Gasteiger partial charge in [0.25, 0.3) is 5.91 Å². The van der Waals surface area contributed by atoms with Crippen LogP contribution in [0.4, 0.5) is 5.69 Å². The fraction of sp³-hybridized carbons (Fsp3) is 0.242. The molecule has 1 aliphatic heterocycles. The number of piperidine rings is 1. The van der Waals surface area contributed by atoms with Crippen molar-refractivity contribution in [2.24, 2.45) is 0 Å². The van der Waals surface area contributed by atoms with Crippen molar-refractivity contribution < 1.29 is 19.0 Å². The lowest BCUT2D eigenvalue weighted by molar-refractivity contribution is 0.102. The summed E-state index contributed by atoms with van der Waals surface area (Å²) < 4.78 is 17.1. The number of anilines is 1. The summed E-state index contributed by atoms with van der Waals surface area (Å²) in [6, 6.07) is 29.2. The third kappa shape index (κ3) is 6.41. The Morgan fingerprint density at radius 3 is 2.13 bits per heavy atom. The van der Waals surface area contributed by atoms with Gasteiger partial charge in [-0.3, -0.25) is 4.79 Å². The third-order valence-corrected chi connectivity index (χ3v) is 7.14. The van der Waals surface area contributed by atoms with Gasteiger partial charge in [0.05, 0.1) is 14.2 Å². The maximum Gasteiger partial charge on any atom is 0.255 e. The summed E-state index contributed by atoms with van der Waals surface area (Å²) in [4.78, 5) is 15.4. The number of hydrogen-bond acceptors (Lipinski definition) is 5. The predicted octanol–water partition coefficient (Wildman–Crippen LogP) is 6.76.